The molecule has 0 saturated carbocycles. The van der Waals surface area contributed by atoms with E-state index in [9.17, 15) is 39.0 Å². The number of hydrogen-bond acceptors (Lipinski definition) is 8. The molecule has 0 radical (unpaired) electrons. The fourth-order valence-corrected chi connectivity index (χ4v) is 3.13. The normalized spacial score (nSPS) is 15.0. The minimum atomic E-state index is -1.58. The molecule has 0 spiro atoms. The highest BCUT2D eigenvalue weighted by atomic mass is 16.4. The quantitative estimate of drug-likeness (QED) is 0.123. The molecule has 3 amide bonds. The van der Waals surface area contributed by atoms with Crippen LogP contribution >= 0.6 is 0 Å². The molecule has 0 aromatic carbocycles. The Balaban J connectivity index is 2.97. The maximum atomic E-state index is 12.9. The third kappa shape index (κ3) is 10.1. The highest BCUT2D eigenvalue weighted by Crippen LogP contribution is 2.11. The van der Waals surface area contributed by atoms with Gasteiger partial charge < -0.3 is 42.0 Å². The standard InChI is InChI=1S/C21H32N6O9/c1-3-10(2)17(20(34)25-13(21(35)36)4-5-15(28)29)27-19(33)14(7-16(30)31)26-18(32)12(22)6-11-8-23-9-24-11/h8-10,12-14,17H,3-7,22H2,1-2H3,(H,23,24)(H,25,34)(H,26,32)(H,27,33)(H,28,29)(H,30,31)(H,35,36). The molecule has 1 aromatic heterocycles. The number of nitrogens with two attached hydrogens (primary N) is 1. The number of carboxylic acid groups (broad SMARTS) is 3. The van der Waals surface area contributed by atoms with Crippen molar-refractivity contribution in [1.29, 1.82) is 0 Å². The van der Waals surface area contributed by atoms with Gasteiger partial charge in [-0.15, -0.1) is 0 Å². The van der Waals surface area contributed by atoms with Gasteiger partial charge >= 0.3 is 17.9 Å². The van der Waals surface area contributed by atoms with Crippen molar-refractivity contribution in [3.63, 3.8) is 0 Å². The van der Waals surface area contributed by atoms with Crippen molar-refractivity contribution in [2.75, 3.05) is 0 Å². The fraction of sp³-hybridized carbons (Fsp3) is 0.571. The third-order valence-corrected chi connectivity index (χ3v) is 5.40. The first-order valence-corrected chi connectivity index (χ1v) is 11.2. The second-order valence-electron chi connectivity index (χ2n) is 8.25. The Hall–Kier alpha value is -4.01. The lowest BCUT2D eigenvalue weighted by Gasteiger charge is -2.27. The maximum Gasteiger partial charge on any atom is 0.326 e. The molecular formula is C21H32N6O9. The average Bonchev–Trinajstić information content (AvgIpc) is 3.31. The van der Waals surface area contributed by atoms with Crippen LogP contribution in [0.5, 0.6) is 0 Å². The summed E-state index contributed by atoms with van der Waals surface area (Å²) in [6.07, 6.45) is 1.54. The summed E-state index contributed by atoms with van der Waals surface area (Å²) in [4.78, 5) is 78.3. The van der Waals surface area contributed by atoms with E-state index in [2.05, 4.69) is 25.9 Å². The molecule has 0 aliphatic heterocycles. The third-order valence-electron chi connectivity index (χ3n) is 5.40. The number of imidazole rings is 1. The number of carboxylic acids is 3. The number of aliphatic carboxylic acids is 3. The first-order chi connectivity index (χ1) is 16.8. The number of nitrogens with one attached hydrogen (secondary N) is 4. The molecule has 0 aliphatic rings. The molecule has 0 saturated heterocycles. The van der Waals surface area contributed by atoms with Crippen LogP contribution in [0.3, 0.4) is 0 Å². The number of nitrogens with zero attached hydrogens (tertiary/aromatic N) is 1. The molecular weight excluding hydrogens is 480 g/mol. The number of rotatable bonds is 16. The molecule has 1 aromatic rings. The summed E-state index contributed by atoms with van der Waals surface area (Å²) in [6.45, 7) is 3.31. The topological polar surface area (TPSA) is 254 Å². The van der Waals surface area contributed by atoms with Crippen LogP contribution in [0.1, 0.15) is 45.2 Å². The molecule has 15 nitrogen and oxygen atoms in total. The van der Waals surface area contributed by atoms with Gasteiger partial charge in [-0.2, -0.15) is 0 Å². The van der Waals surface area contributed by atoms with E-state index in [4.69, 9.17) is 10.8 Å². The molecule has 15 heteroatoms. The first kappa shape index (κ1) is 30.0. The van der Waals surface area contributed by atoms with Crippen LogP contribution < -0.4 is 21.7 Å². The van der Waals surface area contributed by atoms with Crippen molar-refractivity contribution in [3.05, 3.63) is 18.2 Å². The Morgan fingerprint density at radius 2 is 1.61 bits per heavy atom. The summed E-state index contributed by atoms with van der Waals surface area (Å²) in [6, 6.07) is -5.52. The van der Waals surface area contributed by atoms with Gasteiger partial charge in [0.25, 0.3) is 0 Å². The first-order valence-electron chi connectivity index (χ1n) is 11.2. The minimum absolute atomic E-state index is 0.0397. The number of aromatic amines is 1. The van der Waals surface area contributed by atoms with Gasteiger partial charge in [0.15, 0.2) is 0 Å². The van der Waals surface area contributed by atoms with Crippen LogP contribution in [0.2, 0.25) is 0 Å². The molecule has 36 heavy (non-hydrogen) atoms. The predicted molar refractivity (Wildman–Crippen MR) is 122 cm³/mol. The monoisotopic (exact) mass is 512 g/mol. The maximum absolute atomic E-state index is 12.9. The van der Waals surface area contributed by atoms with Gasteiger partial charge in [0.05, 0.1) is 18.8 Å². The summed E-state index contributed by atoms with van der Waals surface area (Å²) in [7, 11) is 0. The number of aromatic nitrogens is 2. The molecule has 1 rings (SSSR count). The lowest BCUT2D eigenvalue weighted by Crippen LogP contribution is -2.59. The smallest absolute Gasteiger partial charge is 0.326 e. The van der Waals surface area contributed by atoms with E-state index in [1.165, 1.54) is 12.5 Å². The molecule has 200 valence electrons. The zero-order valence-electron chi connectivity index (χ0n) is 19.9. The van der Waals surface area contributed by atoms with Crippen molar-refractivity contribution in [2.45, 2.75) is 70.1 Å². The van der Waals surface area contributed by atoms with Crippen LogP contribution in [0.25, 0.3) is 0 Å². The molecule has 5 unspecified atom stereocenters. The van der Waals surface area contributed by atoms with E-state index in [-0.39, 0.29) is 12.8 Å². The molecule has 0 aliphatic carbocycles. The second-order valence-corrected chi connectivity index (χ2v) is 8.25. The van der Waals surface area contributed by atoms with Crippen LogP contribution in [0.15, 0.2) is 12.5 Å². The van der Waals surface area contributed by atoms with Crippen molar-refractivity contribution in [3.8, 4) is 0 Å². The molecule has 1 heterocycles. The van der Waals surface area contributed by atoms with Gasteiger partial charge in [-0.05, 0) is 12.3 Å². The van der Waals surface area contributed by atoms with Crippen molar-refractivity contribution in [1.82, 2.24) is 25.9 Å². The molecule has 5 atom stereocenters. The van der Waals surface area contributed by atoms with E-state index in [1.54, 1.807) is 13.8 Å². The Morgan fingerprint density at radius 1 is 0.972 bits per heavy atom. The zero-order valence-corrected chi connectivity index (χ0v) is 19.9. The van der Waals surface area contributed by atoms with Crippen LogP contribution in [-0.4, -0.2) is 85.1 Å². The summed E-state index contributed by atoms with van der Waals surface area (Å²) < 4.78 is 0. The zero-order chi connectivity index (χ0) is 27.4. The number of hydrogen-bond donors (Lipinski definition) is 8. The average molecular weight is 513 g/mol. The largest absolute Gasteiger partial charge is 0.481 e. The van der Waals surface area contributed by atoms with Gasteiger partial charge in [0.2, 0.25) is 17.7 Å². The van der Waals surface area contributed by atoms with E-state index in [0.717, 1.165) is 0 Å². The van der Waals surface area contributed by atoms with Crippen LogP contribution in [0.4, 0.5) is 0 Å². The van der Waals surface area contributed by atoms with Gasteiger partial charge in [0.1, 0.15) is 18.1 Å². The Kier molecular flexibility index (Phi) is 12.0. The Morgan fingerprint density at radius 3 is 2.11 bits per heavy atom. The lowest BCUT2D eigenvalue weighted by molar-refractivity contribution is -0.144. The molecule has 0 fully saturated rings. The predicted octanol–water partition coefficient (Wildman–Crippen LogP) is -1.80. The van der Waals surface area contributed by atoms with Gasteiger partial charge in [-0.1, -0.05) is 20.3 Å². The van der Waals surface area contributed by atoms with Crippen molar-refractivity contribution in [2.24, 2.45) is 11.7 Å². The van der Waals surface area contributed by atoms with Crippen molar-refractivity contribution >= 4 is 35.6 Å². The van der Waals surface area contributed by atoms with E-state index in [1.807, 2.05) is 0 Å². The van der Waals surface area contributed by atoms with Gasteiger partial charge in [-0.25, -0.2) is 9.78 Å². The van der Waals surface area contributed by atoms with E-state index >= 15 is 0 Å². The number of H-pyrrole nitrogens is 1. The molecule has 9 N–H and O–H groups in total. The number of amides is 3. The summed E-state index contributed by atoms with van der Waals surface area (Å²) >= 11 is 0. The van der Waals surface area contributed by atoms with Gasteiger partial charge in [-0.3, -0.25) is 24.0 Å². The fourth-order valence-electron chi connectivity index (χ4n) is 3.13. The molecule has 0 bridgehead atoms. The number of carbonyl (C=O) groups is 6. The lowest BCUT2D eigenvalue weighted by atomic mass is 9.97. The summed E-state index contributed by atoms with van der Waals surface area (Å²) in [5, 5.41) is 34.1. The van der Waals surface area contributed by atoms with E-state index in [0.29, 0.717) is 12.1 Å². The van der Waals surface area contributed by atoms with Crippen LogP contribution in [-0.2, 0) is 35.2 Å². The second kappa shape index (κ2) is 14.4. The number of carbonyl (C=O) groups excluding carboxylic acids is 3. The van der Waals surface area contributed by atoms with Crippen LogP contribution in [0, 0.1) is 5.92 Å². The summed E-state index contributed by atoms with van der Waals surface area (Å²) in [5.74, 6) is -7.32. The SMILES string of the molecule is CCC(C)C(NC(=O)C(CC(=O)O)NC(=O)C(N)Cc1cnc[nH]1)C(=O)NC(CCC(=O)O)C(=O)O. The Bertz CT molecular complexity index is 936. The summed E-state index contributed by atoms with van der Waals surface area (Å²) in [5.41, 5.74) is 6.38. The van der Waals surface area contributed by atoms with Gasteiger partial charge in [0, 0.05) is 24.7 Å². The Labute approximate surface area is 206 Å². The highest BCUT2D eigenvalue weighted by Gasteiger charge is 2.33. The minimum Gasteiger partial charge on any atom is -0.481 e. The highest BCUT2D eigenvalue weighted by molar-refractivity contribution is 5.95. The van der Waals surface area contributed by atoms with E-state index < -0.39 is 78.6 Å². The van der Waals surface area contributed by atoms with Crippen molar-refractivity contribution < 1.29 is 44.1 Å².